The van der Waals surface area contributed by atoms with Crippen molar-refractivity contribution in [2.45, 2.75) is 32.8 Å². The van der Waals surface area contributed by atoms with Crippen LogP contribution in [0.25, 0.3) is 0 Å². The van der Waals surface area contributed by atoms with Crippen molar-refractivity contribution in [3.05, 3.63) is 24.3 Å². The van der Waals surface area contributed by atoms with Crippen LogP contribution in [0.15, 0.2) is 24.3 Å². The van der Waals surface area contributed by atoms with Gasteiger partial charge < -0.3 is 19.9 Å². The molecule has 0 aromatic heterocycles. The van der Waals surface area contributed by atoms with Crippen LogP contribution in [0.5, 0.6) is 0 Å². The normalized spacial score (nSPS) is 17.1. The summed E-state index contributed by atoms with van der Waals surface area (Å²) in [5, 5.41) is 2.88. The summed E-state index contributed by atoms with van der Waals surface area (Å²) in [5.74, 6) is -0.0637. The molecule has 2 amide bonds. The zero-order valence-corrected chi connectivity index (χ0v) is 14.0. The van der Waals surface area contributed by atoms with Crippen LogP contribution >= 0.6 is 0 Å². The van der Waals surface area contributed by atoms with Gasteiger partial charge in [0.2, 0.25) is 5.91 Å². The molecule has 1 aliphatic rings. The van der Waals surface area contributed by atoms with Gasteiger partial charge >= 0.3 is 6.09 Å². The first-order valence-corrected chi connectivity index (χ1v) is 8.10. The van der Waals surface area contributed by atoms with Gasteiger partial charge in [-0.2, -0.15) is 0 Å². The van der Waals surface area contributed by atoms with Crippen LogP contribution in [0.4, 0.5) is 16.2 Å². The summed E-state index contributed by atoms with van der Waals surface area (Å²) in [6.45, 7) is 6.69. The Hall–Kier alpha value is -2.24. The van der Waals surface area contributed by atoms with E-state index in [1.54, 1.807) is 7.05 Å². The minimum Gasteiger partial charge on any atom is -0.444 e. The number of nitrogens with one attached hydrogen (secondary N) is 1. The average Bonchev–Trinajstić information content (AvgIpc) is 2.87. The molecule has 23 heavy (non-hydrogen) atoms. The fourth-order valence-corrected chi connectivity index (χ4v) is 2.66. The Balaban J connectivity index is 1.80. The molecular weight excluding hydrogens is 294 g/mol. The SMILES string of the molecule is CCN(CC)c1ccc(NC(=O)CCC2CN(C)C(=O)O2)cc1. The molecule has 6 nitrogen and oxygen atoms in total. The molecule has 1 aromatic rings. The lowest BCUT2D eigenvalue weighted by molar-refractivity contribution is -0.116. The third-order valence-electron chi connectivity index (χ3n) is 4.03. The lowest BCUT2D eigenvalue weighted by atomic mass is 10.2. The summed E-state index contributed by atoms with van der Waals surface area (Å²) in [4.78, 5) is 27.0. The van der Waals surface area contributed by atoms with E-state index in [4.69, 9.17) is 4.74 Å². The van der Waals surface area contributed by atoms with Gasteiger partial charge in [0, 0.05) is 37.9 Å². The molecule has 0 radical (unpaired) electrons. The van der Waals surface area contributed by atoms with Crippen molar-refractivity contribution in [2.75, 3.05) is 36.9 Å². The maximum absolute atomic E-state index is 12.0. The number of carbonyl (C=O) groups excluding carboxylic acids is 2. The molecule has 0 aliphatic carbocycles. The van der Waals surface area contributed by atoms with Crippen molar-refractivity contribution in [1.29, 1.82) is 0 Å². The third-order valence-corrected chi connectivity index (χ3v) is 4.03. The van der Waals surface area contributed by atoms with Crippen molar-refractivity contribution >= 4 is 23.4 Å². The Morgan fingerprint density at radius 3 is 2.48 bits per heavy atom. The summed E-state index contributed by atoms with van der Waals surface area (Å²) in [5.41, 5.74) is 1.93. The van der Waals surface area contributed by atoms with Gasteiger partial charge in [0.1, 0.15) is 6.10 Å². The maximum atomic E-state index is 12.0. The zero-order chi connectivity index (χ0) is 16.8. The van der Waals surface area contributed by atoms with E-state index in [0.717, 1.165) is 24.5 Å². The Morgan fingerprint density at radius 2 is 1.96 bits per heavy atom. The predicted octanol–water partition coefficient (Wildman–Crippen LogP) is 2.70. The van der Waals surface area contributed by atoms with Crippen LogP contribution in [-0.2, 0) is 9.53 Å². The summed E-state index contributed by atoms with van der Waals surface area (Å²) < 4.78 is 5.14. The van der Waals surface area contributed by atoms with Gasteiger partial charge in [-0.25, -0.2) is 4.79 Å². The first-order valence-electron chi connectivity index (χ1n) is 8.10. The predicted molar refractivity (Wildman–Crippen MR) is 90.8 cm³/mol. The highest BCUT2D eigenvalue weighted by Crippen LogP contribution is 2.18. The minimum absolute atomic E-state index is 0.0637. The second-order valence-corrected chi connectivity index (χ2v) is 5.69. The number of carbonyl (C=O) groups is 2. The highest BCUT2D eigenvalue weighted by Gasteiger charge is 2.28. The zero-order valence-electron chi connectivity index (χ0n) is 14.0. The van der Waals surface area contributed by atoms with Crippen molar-refractivity contribution in [3.63, 3.8) is 0 Å². The van der Waals surface area contributed by atoms with Crippen molar-refractivity contribution in [2.24, 2.45) is 0 Å². The largest absolute Gasteiger partial charge is 0.444 e. The van der Waals surface area contributed by atoms with E-state index >= 15 is 0 Å². The highest BCUT2D eigenvalue weighted by atomic mass is 16.6. The molecule has 1 unspecified atom stereocenters. The van der Waals surface area contributed by atoms with Crippen molar-refractivity contribution in [3.8, 4) is 0 Å². The Labute approximate surface area is 137 Å². The number of cyclic esters (lactones) is 1. The first kappa shape index (κ1) is 17.1. The van der Waals surface area contributed by atoms with Gasteiger partial charge in [-0.05, 0) is 44.5 Å². The van der Waals surface area contributed by atoms with E-state index in [2.05, 4.69) is 24.1 Å². The number of hydrogen-bond acceptors (Lipinski definition) is 4. The number of likely N-dealkylation sites (N-methyl/N-ethyl adjacent to an activating group) is 1. The number of amides is 2. The second kappa shape index (κ2) is 7.85. The van der Waals surface area contributed by atoms with Gasteiger partial charge in [-0.3, -0.25) is 4.79 Å². The van der Waals surface area contributed by atoms with Crippen LogP contribution in [-0.4, -0.2) is 49.7 Å². The smallest absolute Gasteiger partial charge is 0.409 e. The molecule has 1 saturated heterocycles. The lowest BCUT2D eigenvalue weighted by Crippen LogP contribution is -2.22. The van der Waals surface area contributed by atoms with Crippen molar-refractivity contribution in [1.82, 2.24) is 4.90 Å². The van der Waals surface area contributed by atoms with E-state index in [1.165, 1.54) is 4.90 Å². The number of ether oxygens (including phenoxy) is 1. The number of anilines is 2. The molecule has 0 saturated carbocycles. The fraction of sp³-hybridized carbons (Fsp3) is 0.529. The lowest BCUT2D eigenvalue weighted by Gasteiger charge is -2.21. The van der Waals surface area contributed by atoms with Crippen LogP contribution in [0.1, 0.15) is 26.7 Å². The Kier molecular flexibility index (Phi) is 5.84. The van der Waals surface area contributed by atoms with E-state index in [0.29, 0.717) is 19.4 Å². The third kappa shape index (κ3) is 4.61. The molecular formula is C17H25N3O3. The van der Waals surface area contributed by atoms with Crippen LogP contribution in [0, 0.1) is 0 Å². The summed E-state index contributed by atoms with van der Waals surface area (Å²) in [6.07, 6.45) is 0.369. The summed E-state index contributed by atoms with van der Waals surface area (Å²) in [7, 11) is 1.69. The molecule has 2 rings (SSSR count). The quantitative estimate of drug-likeness (QED) is 0.839. The minimum atomic E-state index is -0.317. The summed E-state index contributed by atoms with van der Waals surface area (Å²) >= 11 is 0. The molecule has 1 aromatic carbocycles. The number of benzene rings is 1. The first-order chi connectivity index (χ1) is 11.0. The fourth-order valence-electron chi connectivity index (χ4n) is 2.66. The Morgan fingerprint density at radius 1 is 1.30 bits per heavy atom. The standard InChI is InChI=1S/C17H25N3O3/c1-4-20(5-2)14-8-6-13(7-9-14)18-16(21)11-10-15-12-19(3)17(22)23-15/h6-9,15H,4-5,10-12H2,1-3H3,(H,18,21). The van der Waals surface area contributed by atoms with Crippen LogP contribution in [0.3, 0.4) is 0 Å². The molecule has 126 valence electrons. The molecule has 1 atom stereocenters. The monoisotopic (exact) mass is 319 g/mol. The van der Waals surface area contributed by atoms with Gasteiger partial charge in [-0.1, -0.05) is 0 Å². The maximum Gasteiger partial charge on any atom is 0.409 e. The van der Waals surface area contributed by atoms with Gasteiger partial charge in [0.25, 0.3) is 0 Å². The highest BCUT2D eigenvalue weighted by molar-refractivity contribution is 5.90. The average molecular weight is 319 g/mol. The van der Waals surface area contributed by atoms with Gasteiger partial charge in [0.15, 0.2) is 0 Å². The van der Waals surface area contributed by atoms with Crippen molar-refractivity contribution < 1.29 is 14.3 Å². The molecule has 0 spiro atoms. The topological polar surface area (TPSA) is 61.9 Å². The van der Waals surface area contributed by atoms with Crippen LogP contribution < -0.4 is 10.2 Å². The molecule has 1 N–H and O–H groups in total. The molecule has 1 fully saturated rings. The van der Waals surface area contributed by atoms with Gasteiger partial charge in [-0.15, -0.1) is 0 Å². The molecule has 6 heteroatoms. The molecule has 0 bridgehead atoms. The Bertz CT molecular complexity index is 541. The molecule has 1 aliphatic heterocycles. The van der Waals surface area contributed by atoms with Crippen LogP contribution in [0.2, 0.25) is 0 Å². The number of hydrogen-bond donors (Lipinski definition) is 1. The number of rotatable bonds is 7. The van der Waals surface area contributed by atoms with E-state index < -0.39 is 0 Å². The number of nitrogens with zero attached hydrogens (tertiary/aromatic N) is 2. The van der Waals surface area contributed by atoms with E-state index in [-0.39, 0.29) is 18.1 Å². The second-order valence-electron chi connectivity index (χ2n) is 5.69. The summed E-state index contributed by atoms with van der Waals surface area (Å²) in [6, 6.07) is 7.84. The molecule has 1 heterocycles. The van der Waals surface area contributed by atoms with E-state index in [9.17, 15) is 9.59 Å². The van der Waals surface area contributed by atoms with Gasteiger partial charge in [0.05, 0.1) is 6.54 Å². The van der Waals surface area contributed by atoms with E-state index in [1.807, 2.05) is 24.3 Å².